The van der Waals surface area contributed by atoms with Gasteiger partial charge in [-0.3, -0.25) is 9.59 Å². The molecule has 0 radical (unpaired) electrons. The molecule has 2 fully saturated rings. The molecule has 9 nitrogen and oxygen atoms in total. The zero-order valence-corrected chi connectivity index (χ0v) is 36.5. The smallest absolute Gasteiger partial charge is 0.306 e. The molecule has 8 bridgehead atoms. The van der Waals surface area contributed by atoms with Crippen molar-refractivity contribution in [3.8, 4) is 0 Å². The number of ketones is 1. The number of carbonyl (C=O) groups excluding carboxylic acids is 2. The van der Waals surface area contributed by atoms with Crippen molar-refractivity contribution in [3.05, 3.63) is 127 Å². The number of rotatable bonds is 15. The lowest BCUT2D eigenvalue weighted by Gasteiger charge is -2.17. The molecule has 1 aliphatic carbocycles. The molecule has 3 N–H and O–H groups in total. The SMILES string of the molecule is CCCC1=C2C=C3N=C4C(=C5NC(=CC6=NC(=CC(=N2)C1=CO)C([C@H](C)O)=C6C)[C@@H](C)[C@@H]5CCC(=O)OC/C=C(\C)CC/C=C(\C)CCC=C(C)C)CC(=O)C4=C3CC. The summed E-state index contributed by atoms with van der Waals surface area (Å²) in [6, 6.07) is 0. The van der Waals surface area contributed by atoms with Gasteiger partial charge in [0.2, 0.25) is 0 Å². The second kappa shape index (κ2) is 18.8. The molecular formula is C50H62N4O5. The van der Waals surface area contributed by atoms with Crippen molar-refractivity contribution >= 4 is 28.9 Å². The predicted molar refractivity (Wildman–Crippen MR) is 239 cm³/mol. The van der Waals surface area contributed by atoms with Gasteiger partial charge >= 0.3 is 5.97 Å². The molecular weight excluding hydrogens is 737 g/mol. The van der Waals surface area contributed by atoms with Crippen LogP contribution in [0.3, 0.4) is 0 Å². The van der Waals surface area contributed by atoms with Crippen LogP contribution in [0.5, 0.6) is 0 Å². The van der Waals surface area contributed by atoms with Gasteiger partial charge < -0.3 is 20.3 Å². The highest BCUT2D eigenvalue weighted by molar-refractivity contribution is 6.38. The van der Waals surface area contributed by atoms with E-state index in [-0.39, 0.29) is 43.0 Å². The summed E-state index contributed by atoms with van der Waals surface area (Å²) < 4.78 is 5.74. The van der Waals surface area contributed by atoms with Gasteiger partial charge in [0.05, 0.1) is 46.6 Å². The third kappa shape index (κ3) is 9.36. The summed E-state index contributed by atoms with van der Waals surface area (Å²) in [5.41, 5.74) is 15.2. The Kier molecular flexibility index (Phi) is 13.9. The number of hydrogen-bond acceptors (Lipinski definition) is 9. The molecule has 9 heteroatoms. The molecule has 312 valence electrons. The number of esters is 1. The molecule has 0 aromatic heterocycles. The van der Waals surface area contributed by atoms with Crippen molar-refractivity contribution in [2.24, 2.45) is 26.8 Å². The van der Waals surface area contributed by atoms with E-state index in [1.54, 1.807) is 6.92 Å². The van der Waals surface area contributed by atoms with Gasteiger partial charge in [0.1, 0.15) is 6.61 Å². The molecule has 6 rings (SSSR count). The minimum absolute atomic E-state index is 0.0385. The summed E-state index contributed by atoms with van der Waals surface area (Å²) in [6.45, 7) is 18.7. The summed E-state index contributed by atoms with van der Waals surface area (Å²) in [4.78, 5) is 42.4. The standard InChI is InChI=1S/C50H62N4O5/c1-10-14-36-38(27-55)43-26-44-47(33(9)56)32(8)40(51-44)24-39-31(7)35(19-20-46(58)59-22-21-30(6)18-13-17-29(5)16-12-15-28(3)4)49(53-39)37-23-45(57)48-34(11-2)41(54-50(37)48)25-42(36)52-43/h15,17,21,24-27,31,33,35,53,55-56H,10-14,16,18-20,22-23H2,1-9H3/b29-17+,30-21+,38-27?,39-24?,41-25?,44-26?,49-37?/t31-,33-,35-/m0/s1. The highest BCUT2D eigenvalue weighted by Crippen LogP contribution is 2.46. The monoisotopic (exact) mass is 798 g/mol. The Morgan fingerprint density at radius 3 is 2.36 bits per heavy atom. The van der Waals surface area contributed by atoms with Crippen molar-refractivity contribution in [1.29, 1.82) is 0 Å². The van der Waals surface area contributed by atoms with Crippen LogP contribution in [0.15, 0.2) is 142 Å². The molecule has 5 heterocycles. The third-order valence-corrected chi connectivity index (χ3v) is 12.2. The first kappa shape index (κ1) is 43.4. The number of carbonyl (C=O) groups is 2. The molecule has 1 saturated carbocycles. The van der Waals surface area contributed by atoms with Gasteiger partial charge in [-0.2, -0.15) is 0 Å². The quantitative estimate of drug-likeness (QED) is 0.0858. The van der Waals surface area contributed by atoms with E-state index in [2.05, 4.69) is 59.0 Å². The maximum absolute atomic E-state index is 13.9. The summed E-state index contributed by atoms with van der Waals surface area (Å²) in [5, 5.41) is 25.3. The Labute approximate surface area is 350 Å². The third-order valence-electron chi connectivity index (χ3n) is 12.2. The Hall–Kier alpha value is -5.15. The number of nitrogens with zero attached hydrogens (tertiary/aromatic N) is 3. The normalized spacial score (nSPS) is 22.8. The summed E-state index contributed by atoms with van der Waals surface area (Å²) in [7, 11) is 0. The lowest BCUT2D eigenvalue weighted by atomic mass is 9.86. The highest BCUT2D eigenvalue weighted by Gasteiger charge is 2.43. The number of aliphatic imine (C=N–C) groups is 3. The van der Waals surface area contributed by atoms with Crippen LogP contribution in [0.25, 0.3) is 0 Å². The van der Waals surface area contributed by atoms with Crippen LogP contribution in [0, 0.1) is 11.8 Å². The van der Waals surface area contributed by atoms with Gasteiger partial charge in [-0.15, -0.1) is 0 Å². The fraction of sp³-hybridized carbons (Fsp3) is 0.460. The molecule has 0 aromatic carbocycles. The summed E-state index contributed by atoms with van der Waals surface area (Å²) in [5.74, 6) is -0.365. The van der Waals surface area contributed by atoms with Gasteiger partial charge in [-0.25, -0.2) is 15.0 Å². The van der Waals surface area contributed by atoms with E-state index in [0.717, 1.165) is 72.1 Å². The van der Waals surface area contributed by atoms with Crippen molar-refractivity contribution < 1.29 is 24.5 Å². The number of nitrogens with one attached hydrogen (secondary N) is 1. The first-order valence-electron chi connectivity index (χ1n) is 21.5. The Bertz CT molecular complexity index is 2250. The van der Waals surface area contributed by atoms with E-state index in [1.807, 2.05) is 38.2 Å². The number of allylic oxidation sites excluding steroid dienone is 16. The number of ether oxygens (including phenoxy) is 1. The van der Waals surface area contributed by atoms with Gasteiger partial charge in [0.25, 0.3) is 0 Å². The zero-order chi connectivity index (χ0) is 42.5. The van der Waals surface area contributed by atoms with Gasteiger partial charge in [0.15, 0.2) is 5.78 Å². The van der Waals surface area contributed by atoms with Crippen LogP contribution in [0.2, 0.25) is 0 Å². The van der Waals surface area contributed by atoms with Crippen molar-refractivity contribution in [1.82, 2.24) is 5.32 Å². The average molecular weight is 799 g/mol. The number of aliphatic hydroxyl groups excluding tert-OH is 2. The fourth-order valence-corrected chi connectivity index (χ4v) is 8.94. The molecule has 3 atom stereocenters. The first-order valence-corrected chi connectivity index (χ1v) is 21.5. The molecule has 1 saturated heterocycles. The van der Waals surface area contributed by atoms with Gasteiger partial charge in [-0.05, 0) is 128 Å². The fourth-order valence-electron chi connectivity index (χ4n) is 8.94. The summed E-state index contributed by atoms with van der Waals surface area (Å²) in [6.07, 6.45) is 19.9. The number of hydrogen-bond donors (Lipinski definition) is 3. The molecule has 6 aliphatic rings. The molecule has 0 unspecified atom stereocenters. The summed E-state index contributed by atoms with van der Waals surface area (Å²) >= 11 is 0. The Morgan fingerprint density at radius 1 is 0.949 bits per heavy atom. The van der Waals surface area contributed by atoms with Crippen LogP contribution in [-0.2, 0) is 14.3 Å². The number of aliphatic hydroxyl groups is 2. The van der Waals surface area contributed by atoms with Crippen LogP contribution in [0.1, 0.15) is 127 Å². The molecule has 59 heavy (non-hydrogen) atoms. The Balaban J connectivity index is 1.31. The maximum Gasteiger partial charge on any atom is 0.306 e. The number of Topliss-reactive ketones (excluding diaryl/α,β-unsaturated/α-hetero) is 1. The van der Waals surface area contributed by atoms with Gasteiger partial charge in [0, 0.05) is 58.4 Å². The highest BCUT2D eigenvalue weighted by atomic mass is 16.5. The second-order valence-corrected chi connectivity index (χ2v) is 16.9. The number of fused-ring (bicyclic) bond motifs is 5. The van der Waals surface area contributed by atoms with E-state index in [9.17, 15) is 19.8 Å². The van der Waals surface area contributed by atoms with Gasteiger partial charge in [-0.1, -0.05) is 56.1 Å². The van der Waals surface area contributed by atoms with Crippen molar-refractivity contribution in [3.63, 3.8) is 0 Å². The van der Waals surface area contributed by atoms with E-state index in [0.29, 0.717) is 70.2 Å². The lowest BCUT2D eigenvalue weighted by molar-refractivity contribution is -0.142. The van der Waals surface area contributed by atoms with E-state index in [1.165, 1.54) is 16.7 Å². The molecule has 0 amide bonds. The molecule has 5 aliphatic heterocycles. The van der Waals surface area contributed by atoms with Crippen molar-refractivity contribution in [2.75, 3.05) is 6.61 Å². The van der Waals surface area contributed by atoms with E-state index >= 15 is 0 Å². The molecule has 0 spiro atoms. The van der Waals surface area contributed by atoms with Crippen LogP contribution >= 0.6 is 0 Å². The van der Waals surface area contributed by atoms with E-state index in [4.69, 9.17) is 19.7 Å². The molecule has 0 aromatic rings. The largest absolute Gasteiger partial charge is 0.515 e. The minimum Gasteiger partial charge on any atom is -0.515 e. The van der Waals surface area contributed by atoms with Crippen LogP contribution < -0.4 is 5.32 Å². The van der Waals surface area contributed by atoms with Crippen molar-refractivity contribution in [2.45, 2.75) is 133 Å². The second-order valence-electron chi connectivity index (χ2n) is 16.9. The topological polar surface area (TPSA) is 133 Å². The first-order chi connectivity index (χ1) is 28.3. The van der Waals surface area contributed by atoms with Crippen LogP contribution in [0.4, 0.5) is 0 Å². The predicted octanol–water partition coefficient (Wildman–Crippen LogP) is 10.7. The lowest BCUT2D eigenvalue weighted by Crippen LogP contribution is -2.15. The zero-order valence-electron chi connectivity index (χ0n) is 36.5. The average Bonchev–Trinajstić information content (AvgIpc) is 3.95. The maximum atomic E-state index is 13.9. The van der Waals surface area contributed by atoms with Crippen LogP contribution in [-0.4, -0.2) is 51.8 Å². The minimum atomic E-state index is -0.796. The van der Waals surface area contributed by atoms with E-state index < -0.39 is 6.10 Å². The Morgan fingerprint density at radius 2 is 1.68 bits per heavy atom.